The predicted octanol–water partition coefficient (Wildman–Crippen LogP) is 5.01. The average molecular weight is 455 g/mol. The quantitative estimate of drug-likeness (QED) is 0.357. The molecular weight excluding hydrogens is 432 g/mol. The Morgan fingerprint density at radius 2 is 1.82 bits per heavy atom. The Morgan fingerprint density at radius 1 is 0.970 bits per heavy atom. The maximum absolute atomic E-state index is 13.5. The molecule has 2 aromatic carbocycles. The van der Waals surface area contributed by atoms with Crippen LogP contribution in [0.3, 0.4) is 0 Å². The number of hydrogen-bond acceptors (Lipinski definition) is 6. The standard InChI is InChI=1S/C26H22N4O2S/c31-26-22-12-18(11-17-5-6-23(27-13-17)24-14-33-16-29-24)20-3-1-2-4-21(20)25(22)28-15-30(26)19-7-9-32-10-8-19/h1-6,12-16,19H,7-11H2. The van der Waals surface area contributed by atoms with Crippen molar-refractivity contribution in [2.24, 2.45) is 0 Å². The second-order valence-electron chi connectivity index (χ2n) is 8.38. The fourth-order valence-electron chi connectivity index (χ4n) is 4.66. The van der Waals surface area contributed by atoms with Gasteiger partial charge in [-0.1, -0.05) is 30.3 Å². The second-order valence-corrected chi connectivity index (χ2v) is 9.10. The van der Waals surface area contributed by atoms with Crippen LogP contribution in [0.15, 0.2) is 70.7 Å². The van der Waals surface area contributed by atoms with E-state index in [0.717, 1.165) is 51.6 Å². The molecule has 1 saturated heterocycles. The molecular formula is C26H22N4O2S. The summed E-state index contributed by atoms with van der Waals surface area (Å²) in [6.07, 6.45) is 5.98. The first-order valence-corrected chi connectivity index (χ1v) is 12.0. The molecule has 0 N–H and O–H groups in total. The minimum absolute atomic E-state index is 0.0240. The summed E-state index contributed by atoms with van der Waals surface area (Å²) >= 11 is 1.56. The van der Waals surface area contributed by atoms with Gasteiger partial charge in [0.25, 0.3) is 5.56 Å². The van der Waals surface area contributed by atoms with Gasteiger partial charge < -0.3 is 4.74 Å². The zero-order chi connectivity index (χ0) is 22.2. The van der Waals surface area contributed by atoms with E-state index in [0.29, 0.717) is 25.0 Å². The number of pyridine rings is 1. The Kier molecular flexibility index (Phi) is 5.20. The summed E-state index contributed by atoms with van der Waals surface area (Å²) in [6.45, 7) is 1.37. The van der Waals surface area contributed by atoms with Gasteiger partial charge in [-0.2, -0.15) is 0 Å². The third-order valence-electron chi connectivity index (χ3n) is 6.38. The number of ether oxygens (including phenoxy) is 1. The summed E-state index contributed by atoms with van der Waals surface area (Å²) in [5, 5.41) is 4.79. The molecule has 0 unspecified atom stereocenters. The lowest BCUT2D eigenvalue weighted by molar-refractivity contribution is 0.0685. The second kappa shape index (κ2) is 8.50. The van der Waals surface area contributed by atoms with Gasteiger partial charge >= 0.3 is 0 Å². The van der Waals surface area contributed by atoms with Crippen LogP contribution in [0.5, 0.6) is 0 Å². The normalized spacial score (nSPS) is 14.8. The molecule has 6 nitrogen and oxygen atoms in total. The first kappa shape index (κ1) is 20.2. The zero-order valence-electron chi connectivity index (χ0n) is 18.0. The highest BCUT2D eigenvalue weighted by molar-refractivity contribution is 7.07. The summed E-state index contributed by atoms with van der Waals surface area (Å²) in [6, 6.07) is 14.4. The van der Waals surface area contributed by atoms with Crippen molar-refractivity contribution < 1.29 is 4.74 Å². The van der Waals surface area contributed by atoms with Crippen molar-refractivity contribution in [2.75, 3.05) is 13.2 Å². The van der Waals surface area contributed by atoms with E-state index >= 15 is 0 Å². The fraction of sp³-hybridized carbons (Fsp3) is 0.231. The average Bonchev–Trinajstić information content (AvgIpc) is 3.41. The maximum atomic E-state index is 13.5. The first-order valence-electron chi connectivity index (χ1n) is 11.1. The van der Waals surface area contributed by atoms with Crippen molar-refractivity contribution in [2.45, 2.75) is 25.3 Å². The van der Waals surface area contributed by atoms with Crippen LogP contribution in [0.25, 0.3) is 33.1 Å². The fourth-order valence-corrected chi connectivity index (χ4v) is 5.20. The molecule has 0 bridgehead atoms. The van der Waals surface area contributed by atoms with Crippen LogP contribution in [-0.2, 0) is 11.2 Å². The number of nitrogens with zero attached hydrogens (tertiary/aromatic N) is 4. The Morgan fingerprint density at radius 3 is 2.58 bits per heavy atom. The summed E-state index contributed by atoms with van der Waals surface area (Å²) in [5.41, 5.74) is 6.55. The van der Waals surface area contributed by atoms with Gasteiger partial charge in [-0.15, -0.1) is 11.3 Å². The van der Waals surface area contributed by atoms with E-state index in [-0.39, 0.29) is 11.6 Å². The summed E-state index contributed by atoms with van der Waals surface area (Å²) in [5.74, 6) is 0. The molecule has 3 aromatic heterocycles. The van der Waals surface area contributed by atoms with Crippen LogP contribution >= 0.6 is 11.3 Å². The molecule has 0 atom stereocenters. The van der Waals surface area contributed by atoms with Gasteiger partial charge in [-0.3, -0.25) is 14.3 Å². The van der Waals surface area contributed by atoms with E-state index in [4.69, 9.17) is 9.72 Å². The van der Waals surface area contributed by atoms with Gasteiger partial charge in [0, 0.05) is 36.2 Å². The van der Waals surface area contributed by atoms with Crippen molar-refractivity contribution in [3.8, 4) is 11.4 Å². The number of thiazole rings is 1. The van der Waals surface area contributed by atoms with Crippen LogP contribution in [0, 0.1) is 0 Å². The van der Waals surface area contributed by atoms with Crippen LogP contribution in [-0.4, -0.2) is 32.7 Å². The number of fused-ring (bicyclic) bond motifs is 3. The van der Waals surface area contributed by atoms with E-state index in [1.54, 1.807) is 22.2 Å². The van der Waals surface area contributed by atoms with E-state index in [2.05, 4.69) is 28.2 Å². The number of aromatic nitrogens is 4. The molecule has 0 amide bonds. The highest BCUT2D eigenvalue weighted by Gasteiger charge is 2.19. The summed E-state index contributed by atoms with van der Waals surface area (Å²) in [7, 11) is 0. The highest BCUT2D eigenvalue weighted by atomic mass is 32.1. The maximum Gasteiger partial charge on any atom is 0.261 e. The molecule has 0 aliphatic carbocycles. The molecule has 4 heterocycles. The molecule has 33 heavy (non-hydrogen) atoms. The molecule has 6 rings (SSSR count). The molecule has 0 spiro atoms. The Bertz CT molecular complexity index is 1490. The molecule has 1 aliphatic rings. The lowest BCUT2D eigenvalue weighted by atomic mass is 9.96. The Hall–Kier alpha value is -3.42. The topological polar surface area (TPSA) is 69.9 Å². The van der Waals surface area contributed by atoms with E-state index in [1.165, 1.54) is 0 Å². The van der Waals surface area contributed by atoms with Gasteiger partial charge in [0.15, 0.2) is 0 Å². The van der Waals surface area contributed by atoms with Crippen molar-refractivity contribution in [1.82, 2.24) is 19.5 Å². The monoisotopic (exact) mass is 454 g/mol. The first-order chi connectivity index (χ1) is 16.3. The number of rotatable bonds is 4. The Labute approximate surface area is 194 Å². The largest absolute Gasteiger partial charge is 0.381 e. The van der Waals surface area contributed by atoms with E-state index < -0.39 is 0 Å². The zero-order valence-corrected chi connectivity index (χ0v) is 18.8. The lowest BCUT2D eigenvalue weighted by Gasteiger charge is -2.24. The van der Waals surface area contributed by atoms with Crippen LogP contribution in [0.4, 0.5) is 0 Å². The third kappa shape index (κ3) is 3.73. The molecule has 5 aromatic rings. The molecule has 0 radical (unpaired) electrons. The van der Waals surface area contributed by atoms with Crippen LogP contribution in [0.2, 0.25) is 0 Å². The summed E-state index contributed by atoms with van der Waals surface area (Å²) < 4.78 is 7.28. The van der Waals surface area contributed by atoms with Gasteiger partial charge in [-0.25, -0.2) is 9.97 Å². The van der Waals surface area contributed by atoms with Gasteiger partial charge in [0.2, 0.25) is 0 Å². The molecule has 1 fully saturated rings. The van der Waals surface area contributed by atoms with Crippen LogP contribution < -0.4 is 5.56 Å². The van der Waals surface area contributed by atoms with E-state index in [9.17, 15) is 4.79 Å². The Balaban J connectivity index is 1.45. The molecule has 7 heteroatoms. The lowest BCUT2D eigenvalue weighted by Crippen LogP contribution is -2.29. The minimum atomic E-state index is 0.0240. The van der Waals surface area contributed by atoms with Crippen molar-refractivity contribution in [1.29, 1.82) is 0 Å². The highest BCUT2D eigenvalue weighted by Crippen LogP contribution is 2.29. The van der Waals surface area contributed by atoms with Crippen LogP contribution in [0.1, 0.15) is 30.0 Å². The van der Waals surface area contributed by atoms with Gasteiger partial charge in [0.05, 0.1) is 34.1 Å². The minimum Gasteiger partial charge on any atom is -0.381 e. The van der Waals surface area contributed by atoms with Crippen molar-refractivity contribution >= 4 is 33.0 Å². The smallest absolute Gasteiger partial charge is 0.261 e. The van der Waals surface area contributed by atoms with E-state index in [1.807, 2.05) is 41.4 Å². The SMILES string of the molecule is O=c1c2cc(Cc3ccc(-c4cscn4)nc3)c3ccccc3c2ncn1C1CCOCC1. The summed E-state index contributed by atoms with van der Waals surface area (Å²) in [4.78, 5) is 27.2. The van der Waals surface area contributed by atoms with Crippen molar-refractivity contribution in [3.63, 3.8) is 0 Å². The van der Waals surface area contributed by atoms with Gasteiger partial charge in [0.1, 0.15) is 0 Å². The third-order valence-corrected chi connectivity index (χ3v) is 6.96. The number of benzene rings is 2. The molecule has 0 saturated carbocycles. The molecule has 1 aliphatic heterocycles. The number of hydrogen-bond donors (Lipinski definition) is 0. The molecule has 164 valence electrons. The predicted molar refractivity (Wildman–Crippen MR) is 131 cm³/mol. The van der Waals surface area contributed by atoms with Crippen molar-refractivity contribution in [3.05, 3.63) is 87.4 Å². The van der Waals surface area contributed by atoms with Gasteiger partial charge in [-0.05, 0) is 47.9 Å².